The third-order valence-corrected chi connectivity index (χ3v) is 15.8. The summed E-state index contributed by atoms with van der Waals surface area (Å²) in [5.41, 5.74) is 15.0. The fraction of sp³-hybridized carbons (Fsp3) is 0. The van der Waals surface area contributed by atoms with Gasteiger partial charge in [-0.15, -0.1) is 0 Å². The van der Waals surface area contributed by atoms with E-state index in [-0.39, 0.29) is 0 Å². The molecule has 0 aliphatic heterocycles. The zero-order valence-electron chi connectivity index (χ0n) is 43.6. The number of hydrogen-bond acceptors (Lipinski definition) is 8. The number of nitrogens with zero attached hydrogens (tertiary/aromatic N) is 8. The van der Waals surface area contributed by atoms with Crippen molar-refractivity contribution in [3.63, 3.8) is 0 Å². The van der Waals surface area contributed by atoms with E-state index in [2.05, 4.69) is 118 Å². The second kappa shape index (κ2) is 18.1. The maximum atomic E-state index is 6.60. The van der Waals surface area contributed by atoms with Gasteiger partial charge in [0.05, 0.1) is 22.1 Å². The Bertz CT molecular complexity index is 5280. The second-order valence-electron chi connectivity index (χ2n) is 20.6. The Morgan fingerprint density at radius 1 is 0.232 bits per heavy atom. The Hall–Kier alpha value is -11.4. The molecular formula is C72H42N8O2. The van der Waals surface area contributed by atoms with Crippen molar-refractivity contribution < 1.29 is 8.83 Å². The molecule has 6 aromatic heterocycles. The first-order valence-electron chi connectivity index (χ1n) is 27.3. The number of furan rings is 2. The van der Waals surface area contributed by atoms with Gasteiger partial charge in [-0.1, -0.05) is 164 Å². The predicted molar refractivity (Wildman–Crippen MR) is 329 cm³/mol. The van der Waals surface area contributed by atoms with E-state index >= 15 is 0 Å². The number of para-hydroxylation sites is 2. The van der Waals surface area contributed by atoms with Gasteiger partial charge in [0.1, 0.15) is 22.3 Å². The molecule has 0 atom stereocenters. The van der Waals surface area contributed by atoms with Crippen molar-refractivity contribution in [3.8, 4) is 79.7 Å². The Balaban J connectivity index is 0.828. The Labute approximate surface area is 467 Å². The van der Waals surface area contributed by atoms with E-state index in [0.29, 0.717) is 34.9 Å². The summed E-state index contributed by atoms with van der Waals surface area (Å²) >= 11 is 0. The molecule has 17 rings (SSSR count). The highest BCUT2D eigenvalue weighted by molar-refractivity contribution is 6.26. The van der Waals surface area contributed by atoms with Crippen LogP contribution in [0.4, 0.5) is 0 Å². The van der Waals surface area contributed by atoms with Gasteiger partial charge in [-0.3, -0.25) is 0 Å². The summed E-state index contributed by atoms with van der Waals surface area (Å²) in [7, 11) is 0. The standard InChI is InChI=1S/C72H42N8O2/c1-5-17-43(18-6-1)67-73-68(44-19-7-2-8-20-44)76-71(75-67)47-29-35-61-54(39-47)56-41-49(31-37-63(56)81-61)79-59-28-16-14-26-53(59)65-60(79)34-33-52-51-25-13-15-27-58(51)80(66(52)65)50-32-38-64-57(42-50)55-40-48(30-36-62(55)82-64)72-77-69(45-21-9-3-10-22-45)74-70(78-72)46-23-11-4-12-24-46/h1-42H. The first-order chi connectivity index (χ1) is 40.6. The van der Waals surface area contributed by atoms with Gasteiger partial charge in [-0.05, 0) is 91.0 Å². The normalized spacial score (nSPS) is 11.9. The largest absolute Gasteiger partial charge is 0.456 e. The van der Waals surface area contributed by atoms with Gasteiger partial charge < -0.3 is 18.0 Å². The van der Waals surface area contributed by atoms with Crippen molar-refractivity contribution in [1.29, 1.82) is 0 Å². The summed E-state index contributed by atoms with van der Waals surface area (Å²) in [6.45, 7) is 0. The van der Waals surface area contributed by atoms with E-state index in [1.165, 1.54) is 5.39 Å². The van der Waals surface area contributed by atoms with Gasteiger partial charge in [0.25, 0.3) is 0 Å². The molecule has 0 aliphatic carbocycles. The minimum Gasteiger partial charge on any atom is -0.456 e. The first-order valence-corrected chi connectivity index (χ1v) is 27.3. The Morgan fingerprint density at radius 3 is 1.04 bits per heavy atom. The lowest BCUT2D eigenvalue weighted by molar-refractivity contribution is 0.668. The van der Waals surface area contributed by atoms with E-state index in [4.69, 9.17) is 38.7 Å². The van der Waals surface area contributed by atoms with Gasteiger partial charge in [0.2, 0.25) is 0 Å². The van der Waals surface area contributed by atoms with Gasteiger partial charge in [-0.25, -0.2) is 29.9 Å². The van der Waals surface area contributed by atoms with Crippen LogP contribution in [0.3, 0.4) is 0 Å². The molecule has 17 aromatic rings. The molecule has 10 nitrogen and oxygen atoms in total. The zero-order valence-corrected chi connectivity index (χ0v) is 43.6. The van der Waals surface area contributed by atoms with Crippen LogP contribution < -0.4 is 0 Å². The highest BCUT2D eigenvalue weighted by Gasteiger charge is 2.23. The van der Waals surface area contributed by atoms with Crippen LogP contribution in [0.5, 0.6) is 0 Å². The van der Waals surface area contributed by atoms with E-state index in [0.717, 1.165) is 127 Å². The molecule has 0 aliphatic rings. The van der Waals surface area contributed by atoms with Crippen LogP contribution in [-0.4, -0.2) is 39.0 Å². The molecule has 0 spiro atoms. The molecule has 0 N–H and O–H groups in total. The van der Waals surface area contributed by atoms with E-state index in [1.807, 2.05) is 146 Å². The van der Waals surface area contributed by atoms with Crippen LogP contribution in [0.1, 0.15) is 0 Å². The average molecular weight is 1050 g/mol. The van der Waals surface area contributed by atoms with Gasteiger partial charge in [-0.2, -0.15) is 0 Å². The molecule has 11 aromatic carbocycles. The van der Waals surface area contributed by atoms with Crippen molar-refractivity contribution in [3.05, 3.63) is 255 Å². The number of hydrogen-bond donors (Lipinski definition) is 0. The maximum Gasteiger partial charge on any atom is 0.164 e. The van der Waals surface area contributed by atoms with Crippen molar-refractivity contribution in [2.45, 2.75) is 0 Å². The summed E-state index contributed by atoms with van der Waals surface area (Å²) in [6.07, 6.45) is 0. The second-order valence-corrected chi connectivity index (χ2v) is 20.6. The summed E-state index contributed by atoms with van der Waals surface area (Å²) < 4.78 is 18.0. The minimum atomic E-state index is 0.584. The van der Waals surface area contributed by atoms with Crippen molar-refractivity contribution in [2.75, 3.05) is 0 Å². The van der Waals surface area contributed by atoms with Crippen LogP contribution in [0.2, 0.25) is 0 Å². The predicted octanol–water partition coefficient (Wildman–Crippen LogP) is 18.1. The molecule has 0 amide bonds. The van der Waals surface area contributed by atoms with Gasteiger partial charge in [0.15, 0.2) is 34.9 Å². The molecule has 10 heteroatoms. The summed E-state index contributed by atoms with van der Waals surface area (Å²) in [5, 5.41) is 8.55. The molecular weight excluding hydrogens is 1010 g/mol. The molecule has 0 saturated carbocycles. The Kier molecular flexibility index (Phi) is 10.1. The third kappa shape index (κ3) is 7.28. The van der Waals surface area contributed by atoms with Crippen LogP contribution in [0.25, 0.3) is 167 Å². The van der Waals surface area contributed by atoms with Crippen LogP contribution in [0.15, 0.2) is 264 Å². The van der Waals surface area contributed by atoms with Crippen LogP contribution in [-0.2, 0) is 0 Å². The van der Waals surface area contributed by atoms with Crippen molar-refractivity contribution in [1.82, 2.24) is 39.0 Å². The number of rotatable bonds is 8. The highest BCUT2D eigenvalue weighted by Crippen LogP contribution is 2.44. The molecule has 6 heterocycles. The van der Waals surface area contributed by atoms with E-state index in [1.54, 1.807) is 0 Å². The topological polar surface area (TPSA) is 113 Å². The van der Waals surface area contributed by atoms with Gasteiger partial charge in [0, 0.05) is 87.8 Å². The fourth-order valence-electron chi connectivity index (χ4n) is 12.0. The Morgan fingerprint density at radius 2 is 0.585 bits per heavy atom. The lowest BCUT2D eigenvalue weighted by atomic mass is 10.1. The fourth-order valence-corrected chi connectivity index (χ4v) is 12.0. The zero-order chi connectivity index (χ0) is 53.8. The van der Waals surface area contributed by atoms with Crippen LogP contribution in [0, 0.1) is 0 Å². The SMILES string of the molecule is c1ccc(-c2nc(-c3ccccc3)nc(-c3ccc4oc5ccc(-n6c7ccccc7c7c6ccc6c8ccccc8n(-c8ccc9oc%10ccc(-c%11nc(-c%12ccccc%12)nc(-c%12ccccc%12)n%11)cc%10c9c8)c67)cc5c4c3)n2)cc1. The molecule has 82 heavy (non-hydrogen) atoms. The quantitative estimate of drug-likeness (QED) is 0.148. The maximum absolute atomic E-state index is 6.60. The average Bonchev–Trinajstić information content (AvgIpc) is 2.87. The molecule has 0 saturated heterocycles. The third-order valence-electron chi connectivity index (χ3n) is 15.8. The van der Waals surface area contributed by atoms with Gasteiger partial charge >= 0.3 is 0 Å². The minimum absolute atomic E-state index is 0.584. The van der Waals surface area contributed by atoms with Crippen molar-refractivity contribution >= 4 is 87.5 Å². The number of aromatic nitrogens is 8. The van der Waals surface area contributed by atoms with Crippen LogP contribution >= 0.6 is 0 Å². The van der Waals surface area contributed by atoms with E-state index in [9.17, 15) is 0 Å². The first kappa shape index (κ1) is 45.6. The molecule has 0 bridgehead atoms. The molecule has 0 fully saturated rings. The molecule has 0 unspecified atom stereocenters. The summed E-state index contributed by atoms with van der Waals surface area (Å²) in [6, 6.07) is 87.7. The summed E-state index contributed by atoms with van der Waals surface area (Å²) in [4.78, 5) is 30.1. The van der Waals surface area contributed by atoms with Crippen molar-refractivity contribution in [2.24, 2.45) is 0 Å². The lowest BCUT2D eigenvalue weighted by Gasteiger charge is -2.11. The smallest absolute Gasteiger partial charge is 0.164 e. The molecule has 0 radical (unpaired) electrons. The number of fused-ring (bicyclic) bond motifs is 13. The monoisotopic (exact) mass is 1050 g/mol. The lowest BCUT2D eigenvalue weighted by Crippen LogP contribution is -2.00. The molecule has 382 valence electrons. The summed E-state index contributed by atoms with van der Waals surface area (Å²) in [5.74, 6) is 3.62. The van der Waals surface area contributed by atoms with E-state index < -0.39 is 0 Å². The number of benzene rings is 11. The highest BCUT2D eigenvalue weighted by atomic mass is 16.3.